The highest BCUT2D eigenvalue weighted by atomic mass is 16.5. The first-order chi connectivity index (χ1) is 8.77. The molecule has 2 aromatic rings. The second kappa shape index (κ2) is 5.42. The van der Waals surface area contributed by atoms with Crippen molar-refractivity contribution >= 4 is 5.97 Å². The fraction of sp³-hybridized carbons (Fsp3) is 0.250. The van der Waals surface area contributed by atoms with E-state index >= 15 is 0 Å². The number of aromatic nitrogens is 3. The van der Waals surface area contributed by atoms with Gasteiger partial charge in [-0.15, -0.1) is 10.2 Å². The lowest BCUT2D eigenvalue weighted by molar-refractivity contribution is -0.143. The molecule has 1 N–H and O–H groups in total. The zero-order valence-corrected chi connectivity index (χ0v) is 9.85. The molecule has 0 saturated carbocycles. The van der Waals surface area contributed by atoms with E-state index in [9.17, 15) is 9.90 Å². The Morgan fingerprint density at radius 2 is 2.17 bits per heavy atom. The maximum Gasteiger partial charge on any atom is 0.333 e. The van der Waals surface area contributed by atoms with Crippen molar-refractivity contribution in [3.63, 3.8) is 0 Å². The molecule has 1 aromatic heterocycles. The smallest absolute Gasteiger partial charge is 0.333 e. The molecule has 1 heterocycles. The van der Waals surface area contributed by atoms with Crippen LogP contribution in [-0.4, -0.2) is 33.0 Å². The Hall–Kier alpha value is -2.21. The molecule has 0 radical (unpaired) electrons. The molecular formula is C12H13N3O3. The molecule has 0 fully saturated rings. The van der Waals surface area contributed by atoms with Crippen molar-refractivity contribution < 1.29 is 14.6 Å². The molecule has 1 aromatic carbocycles. The topological polar surface area (TPSA) is 77.2 Å². The molecule has 0 saturated heterocycles. The van der Waals surface area contributed by atoms with E-state index in [2.05, 4.69) is 10.2 Å². The Bertz CT molecular complexity index is 524. The Kier molecular flexibility index (Phi) is 3.69. The molecule has 0 spiro atoms. The van der Waals surface area contributed by atoms with Gasteiger partial charge in [0.1, 0.15) is 12.9 Å². The van der Waals surface area contributed by atoms with Crippen molar-refractivity contribution in [3.05, 3.63) is 48.0 Å². The van der Waals surface area contributed by atoms with E-state index in [4.69, 9.17) is 4.74 Å². The van der Waals surface area contributed by atoms with Gasteiger partial charge in [0.25, 0.3) is 0 Å². The van der Waals surface area contributed by atoms with E-state index in [0.29, 0.717) is 5.82 Å². The number of aliphatic hydroxyl groups excluding tert-OH is 1. The first kappa shape index (κ1) is 12.3. The van der Waals surface area contributed by atoms with Crippen LogP contribution in [0.25, 0.3) is 0 Å². The summed E-state index contributed by atoms with van der Waals surface area (Å²) in [7, 11) is 1.32. The molecule has 0 aliphatic rings. The van der Waals surface area contributed by atoms with E-state index in [1.807, 2.05) is 30.3 Å². The van der Waals surface area contributed by atoms with Crippen LogP contribution in [0.4, 0.5) is 0 Å². The van der Waals surface area contributed by atoms with Gasteiger partial charge >= 0.3 is 5.97 Å². The summed E-state index contributed by atoms with van der Waals surface area (Å²) in [6, 6.07) is 8.44. The third-order valence-electron chi connectivity index (χ3n) is 2.61. The van der Waals surface area contributed by atoms with Crippen molar-refractivity contribution in [1.29, 1.82) is 0 Å². The van der Waals surface area contributed by atoms with Gasteiger partial charge in [0.15, 0.2) is 11.9 Å². The molecule has 18 heavy (non-hydrogen) atoms. The van der Waals surface area contributed by atoms with Crippen molar-refractivity contribution in [1.82, 2.24) is 14.8 Å². The lowest BCUT2D eigenvalue weighted by atomic mass is 10.1. The van der Waals surface area contributed by atoms with Crippen LogP contribution in [0.15, 0.2) is 36.7 Å². The number of methoxy groups -OCH3 is 1. The summed E-state index contributed by atoms with van der Waals surface area (Å²) in [6.45, 7) is -0.291. The van der Waals surface area contributed by atoms with E-state index in [-0.39, 0.29) is 6.61 Å². The number of aliphatic hydroxyl groups is 1. The van der Waals surface area contributed by atoms with Gasteiger partial charge in [0.05, 0.1) is 7.11 Å². The summed E-state index contributed by atoms with van der Waals surface area (Å²) < 4.78 is 6.29. The van der Waals surface area contributed by atoms with Gasteiger partial charge in [0, 0.05) is 0 Å². The van der Waals surface area contributed by atoms with E-state index in [1.165, 1.54) is 18.0 Å². The molecule has 1 atom stereocenters. The average Bonchev–Trinajstić information content (AvgIpc) is 2.88. The number of ether oxygens (including phenoxy) is 1. The number of hydrogen-bond acceptors (Lipinski definition) is 5. The minimum absolute atomic E-state index is 0.291. The number of carbonyl (C=O) groups excluding carboxylic acids is 1. The lowest BCUT2D eigenvalue weighted by Crippen LogP contribution is -2.23. The van der Waals surface area contributed by atoms with Crippen molar-refractivity contribution in [3.8, 4) is 0 Å². The van der Waals surface area contributed by atoms with Crippen LogP contribution in [0.2, 0.25) is 0 Å². The fourth-order valence-electron chi connectivity index (χ4n) is 1.75. The predicted octanol–water partition coefficient (Wildman–Crippen LogP) is 0.533. The summed E-state index contributed by atoms with van der Waals surface area (Å²) in [5.41, 5.74) is 0.749. The Morgan fingerprint density at radius 1 is 1.44 bits per heavy atom. The Labute approximate surface area is 104 Å². The largest absolute Gasteiger partial charge is 0.467 e. The minimum Gasteiger partial charge on any atom is -0.467 e. The first-order valence-electron chi connectivity index (χ1n) is 5.40. The van der Waals surface area contributed by atoms with E-state index in [0.717, 1.165) is 5.56 Å². The molecule has 0 amide bonds. The van der Waals surface area contributed by atoms with Crippen LogP contribution in [0.3, 0.4) is 0 Å². The molecule has 0 aliphatic carbocycles. The highest BCUT2D eigenvalue weighted by Gasteiger charge is 2.25. The quantitative estimate of drug-likeness (QED) is 0.797. The molecule has 94 valence electrons. The first-order valence-corrected chi connectivity index (χ1v) is 5.40. The maximum absolute atomic E-state index is 11.9. The van der Waals surface area contributed by atoms with Gasteiger partial charge in [0.2, 0.25) is 0 Å². The molecule has 1 unspecified atom stereocenters. The summed E-state index contributed by atoms with van der Waals surface area (Å²) >= 11 is 0. The van der Waals surface area contributed by atoms with Gasteiger partial charge in [-0.1, -0.05) is 30.3 Å². The molecule has 6 nitrogen and oxygen atoms in total. The third-order valence-corrected chi connectivity index (χ3v) is 2.61. The second-order valence-electron chi connectivity index (χ2n) is 3.65. The predicted molar refractivity (Wildman–Crippen MR) is 62.5 cm³/mol. The number of carbonyl (C=O) groups is 1. The van der Waals surface area contributed by atoms with E-state index < -0.39 is 12.0 Å². The van der Waals surface area contributed by atoms with Crippen LogP contribution in [-0.2, 0) is 16.1 Å². The molecular weight excluding hydrogens is 234 g/mol. The molecule has 0 bridgehead atoms. The fourth-order valence-corrected chi connectivity index (χ4v) is 1.75. The number of hydrogen-bond donors (Lipinski definition) is 1. The van der Waals surface area contributed by atoms with Gasteiger partial charge < -0.3 is 9.84 Å². The number of benzene rings is 1. The molecule has 6 heteroatoms. The molecule has 2 rings (SSSR count). The Morgan fingerprint density at radius 3 is 2.78 bits per heavy atom. The van der Waals surface area contributed by atoms with E-state index in [1.54, 1.807) is 0 Å². The Balaban J connectivity index is 2.47. The van der Waals surface area contributed by atoms with Crippen LogP contribution in [0.5, 0.6) is 0 Å². The van der Waals surface area contributed by atoms with Crippen molar-refractivity contribution in [2.45, 2.75) is 12.6 Å². The highest BCUT2D eigenvalue weighted by Crippen LogP contribution is 2.20. The van der Waals surface area contributed by atoms with Gasteiger partial charge in [-0.2, -0.15) is 0 Å². The summed E-state index contributed by atoms with van der Waals surface area (Å²) in [5, 5.41) is 16.6. The zero-order valence-electron chi connectivity index (χ0n) is 9.85. The minimum atomic E-state index is -0.687. The monoisotopic (exact) mass is 247 g/mol. The summed E-state index contributed by atoms with van der Waals surface area (Å²) in [4.78, 5) is 11.9. The summed E-state index contributed by atoms with van der Waals surface area (Å²) in [5.74, 6) is -0.120. The maximum atomic E-state index is 11.9. The SMILES string of the molecule is COC(=O)C(c1ccccc1)n1cnnc1CO. The zero-order chi connectivity index (χ0) is 13.0. The van der Waals surface area contributed by atoms with Crippen LogP contribution < -0.4 is 0 Å². The molecule has 0 aliphatic heterocycles. The number of rotatable bonds is 4. The van der Waals surface area contributed by atoms with Crippen molar-refractivity contribution in [2.75, 3.05) is 7.11 Å². The highest BCUT2D eigenvalue weighted by molar-refractivity contribution is 5.78. The standard InChI is InChI=1S/C12H13N3O3/c1-18-12(17)11(9-5-3-2-4-6-9)15-8-13-14-10(15)7-16/h2-6,8,11,16H,7H2,1H3. The normalized spacial score (nSPS) is 12.1. The van der Waals surface area contributed by atoms with Crippen molar-refractivity contribution in [2.24, 2.45) is 0 Å². The van der Waals surface area contributed by atoms with Crippen LogP contribution >= 0.6 is 0 Å². The van der Waals surface area contributed by atoms with Gasteiger partial charge in [-0.05, 0) is 5.56 Å². The second-order valence-corrected chi connectivity index (χ2v) is 3.65. The van der Waals surface area contributed by atoms with Crippen LogP contribution in [0, 0.1) is 0 Å². The van der Waals surface area contributed by atoms with Crippen LogP contribution in [0.1, 0.15) is 17.4 Å². The number of nitrogens with zero attached hydrogens (tertiary/aromatic N) is 3. The average molecular weight is 247 g/mol. The number of esters is 1. The van der Waals surface area contributed by atoms with Gasteiger partial charge in [-0.25, -0.2) is 4.79 Å². The summed E-state index contributed by atoms with van der Waals surface area (Å²) in [6.07, 6.45) is 1.40. The lowest BCUT2D eigenvalue weighted by Gasteiger charge is -2.17. The van der Waals surface area contributed by atoms with Gasteiger partial charge in [-0.3, -0.25) is 4.57 Å². The third kappa shape index (κ3) is 2.23.